The van der Waals surface area contributed by atoms with Gasteiger partial charge in [-0.05, 0) is 31.0 Å². The first-order valence-electron chi connectivity index (χ1n) is 8.58. The molecule has 0 radical (unpaired) electrons. The van der Waals surface area contributed by atoms with E-state index in [9.17, 15) is 8.78 Å². The molecule has 1 aromatic heterocycles. The minimum Gasteiger partial charge on any atom is -0.321 e. The lowest BCUT2D eigenvalue weighted by atomic mass is 10.0. The molecule has 2 heterocycles. The molecule has 5 N–H and O–H groups in total. The minimum absolute atomic E-state index is 0.149. The third-order valence-electron chi connectivity index (χ3n) is 4.45. The van der Waals surface area contributed by atoms with Crippen LogP contribution in [0.3, 0.4) is 0 Å². The summed E-state index contributed by atoms with van der Waals surface area (Å²) in [5.41, 5.74) is 3.17. The summed E-state index contributed by atoms with van der Waals surface area (Å²) >= 11 is 0. The highest BCUT2D eigenvalue weighted by molar-refractivity contribution is 5.94. The first kappa shape index (κ1) is 18.8. The molecular formula is C17H22F2N8. The number of hydrazone groups is 1. The number of hydrogen-bond donors (Lipinski definition) is 3. The van der Waals surface area contributed by atoms with Crippen LogP contribution >= 0.6 is 0 Å². The number of nitrogens with zero attached hydrogens (tertiary/aromatic N) is 5. The van der Waals surface area contributed by atoms with Gasteiger partial charge in [0.05, 0.1) is 6.04 Å². The molecule has 1 aliphatic rings. The van der Waals surface area contributed by atoms with Crippen LogP contribution in [0.4, 0.5) is 8.78 Å². The van der Waals surface area contributed by atoms with Gasteiger partial charge in [0.15, 0.2) is 17.5 Å². The number of rotatable bonds is 4. The van der Waals surface area contributed by atoms with E-state index in [1.54, 1.807) is 6.92 Å². The largest absolute Gasteiger partial charge is 0.321 e. The molecule has 1 unspecified atom stereocenters. The topological polar surface area (TPSA) is 110 Å². The van der Waals surface area contributed by atoms with Crippen LogP contribution in [-0.4, -0.2) is 26.3 Å². The van der Waals surface area contributed by atoms with Crippen LogP contribution in [0, 0.1) is 18.6 Å². The summed E-state index contributed by atoms with van der Waals surface area (Å²) in [5.74, 6) is 11.3. The highest BCUT2D eigenvalue weighted by Gasteiger charge is 2.21. The number of imidazole rings is 1. The molecule has 144 valence electrons. The summed E-state index contributed by atoms with van der Waals surface area (Å²) in [6.07, 6.45) is 4.66. The summed E-state index contributed by atoms with van der Waals surface area (Å²) in [4.78, 5) is 8.58. The number of aromatic nitrogens is 2. The minimum atomic E-state index is -0.667. The van der Waals surface area contributed by atoms with Crippen LogP contribution in [0.25, 0.3) is 5.69 Å². The zero-order valence-electron chi connectivity index (χ0n) is 15.2. The second-order valence-electron chi connectivity index (χ2n) is 6.20. The fourth-order valence-corrected chi connectivity index (χ4v) is 3.04. The van der Waals surface area contributed by atoms with Gasteiger partial charge in [0.25, 0.3) is 0 Å². The normalized spacial score (nSPS) is 18.8. The Morgan fingerprint density at radius 1 is 1.30 bits per heavy atom. The van der Waals surface area contributed by atoms with Crippen LogP contribution in [0.1, 0.15) is 43.6 Å². The first-order valence-corrected chi connectivity index (χ1v) is 8.58. The van der Waals surface area contributed by atoms with E-state index in [2.05, 4.69) is 20.5 Å². The average molecular weight is 376 g/mol. The number of aliphatic imine (C=N–C) groups is 1. The molecule has 1 aromatic carbocycles. The fraction of sp³-hybridized carbons (Fsp3) is 0.353. The van der Waals surface area contributed by atoms with Crippen LogP contribution in [-0.2, 0) is 0 Å². The smallest absolute Gasteiger partial charge is 0.160 e. The molecule has 27 heavy (non-hydrogen) atoms. The summed E-state index contributed by atoms with van der Waals surface area (Å²) in [6.45, 7) is 3.58. The molecule has 0 aliphatic carbocycles. The van der Waals surface area contributed by atoms with Crippen molar-refractivity contribution in [1.29, 1.82) is 0 Å². The number of nitrogens with one attached hydrogen (secondary N) is 1. The number of hydrazine groups is 2. The van der Waals surface area contributed by atoms with E-state index >= 15 is 0 Å². The summed E-state index contributed by atoms with van der Waals surface area (Å²) in [7, 11) is 0. The molecule has 1 atom stereocenters. The number of amidine groups is 2. The molecule has 1 aliphatic heterocycles. The Labute approximate surface area is 155 Å². The lowest BCUT2D eigenvalue weighted by Gasteiger charge is -2.28. The highest BCUT2D eigenvalue weighted by Crippen LogP contribution is 2.28. The van der Waals surface area contributed by atoms with Crippen LogP contribution in [0.15, 0.2) is 34.6 Å². The molecule has 8 nitrogen and oxygen atoms in total. The van der Waals surface area contributed by atoms with E-state index in [1.807, 2.05) is 6.92 Å². The Kier molecular flexibility index (Phi) is 5.36. The standard InChI is InChI=1S/C17H22F2N8/c1-3-14(23-15-4-5-16(24-20)27(21)25-15)11-8-12(18)17(13(19)9-11)26-7-6-22-10(26)2/h6-9,14H,3-5,20-21H2,1-2H3,(H,23,25)/b24-16-. The monoisotopic (exact) mass is 376 g/mol. The van der Waals surface area contributed by atoms with E-state index in [4.69, 9.17) is 11.7 Å². The van der Waals surface area contributed by atoms with Crippen molar-refractivity contribution in [2.45, 2.75) is 39.2 Å². The average Bonchev–Trinajstić information content (AvgIpc) is 3.05. The van der Waals surface area contributed by atoms with Gasteiger partial charge in [0.1, 0.15) is 17.3 Å². The zero-order chi connectivity index (χ0) is 19.6. The van der Waals surface area contributed by atoms with Crippen molar-refractivity contribution in [2.75, 3.05) is 0 Å². The Morgan fingerprint density at radius 2 is 2.00 bits per heavy atom. The van der Waals surface area contributed by atoms with E-state index < -0.39 is 17.7 Å². The molecule has 10 heteroatoms. The van der Waals surface area contributed by atoms with Gasteiger partial charge in [-0.1, -0.05) is 6.92 Å². The highest BCUT2D eigenvalue weighted by atomic mass is 19.1. The molecular weight excluding hydrogens is 354 g/mol. The van der Waals surface area contributed by atoms with E-state index in [-0.39, 0.29) is 5.69 Å². The number of benzene rings is 1. The van der Waals surface area contributed by atoms with Gasteiger partial charge in [-0.3, -0.25) is 15.0 Å². The number of halogens is 2. The van der Waals surface area contributed by atoms with Crippen molar-refractivity contribution in [3.63, 3.8) is 0 Å². The third kappa shape index (κ3) is 3.75. The SMILES string of the molecule is CCC(N=C1CC/C(=N/N)N(N)N1)c1cc(F)c(-n2ccnc2C)c(F)c1. The van der Waals surface area contributed by atoms with Crippen LogP contribution in [0.2, 0.25) is 0 Å². The quantitative estimate of drug-likeness (QED) is 0.559. The van der Waals surface area contributed by atoms with Gasteiger partial charge in [0.2, 0.25) is 0 Å². The van der Waals surface area contributed by atoms with Crippen molar-refractivity contribution >= 4 is 11.7 Å². The summed E-state index contributed by atoms with van der Waals surface area (Å²) < 4.78 is 30.7. The molecule has 0 bridgehead atoms. The number of nitrogens with two attached hydrogens (primary N) is 2. The zero-order valence-corrected chi connectivity index (χ0v) is 15.2. The van der Waals surface area contributed by atoms with Crippen molar-refractivity contribution in [1.82, 2.24) is 20.1 Å². The molecule has 0 spiro atoms. The van der Waals surface area contributed by atoms with E-state index in [0.717, 1.165) is 0 Å². The van der Waals surface area contributed by atoms with Gasteiger partial charge in [-0.2, -0.15) is 5.10 Å². The van der Waals surface area contributed by atoms with Crippen molar-refractivity contribution in [3.8, 4) is 5.69 Å². The fourth-order valence-electron chi connectivity index (χ4n) is 3.04. The second-order valence-corrected chi connectivity index (χ2v) is 6.20. The van der Waals surface area contributed by atoms with Crippen molar-refractivity contribution in [3.05, 3.63) is 47.5 Å². The van der Waals surface area contributed by atoms with Crippen LogP contribution < -0.4 is 17.1 Å². The number of aryl methyl sites for hydroxylation is 1. The number of hydrogen-bond acceptors (Lipinski definition) is 5. The van der Waals surface area contributed by atoms with E-state index in [0.29, 0.717) is 42.3 Å². The Hall–Kier alpha value is -3.01. The maximum Gasteiger partial charge on any atom is 0.160 e. The van der Waals surface area contributed by atoms with Gasteiger partial charge in [0, 0.05) is 25.2 Å². The predicted octanol–water partition coefficient (Wildman–Crippen LogP) is 2.05. The predicted molar refractivity (Wildman–Crippen MR) is 98.7 cm³/mol. The summed E-state index contributed by atoms with van der Waals surface area (Å²) in [6, 6.07) is 2.21. The second kappa shape index (κ2) is 7.70. The molecule has 0 amide bonds. The van der Waals surface area contributed by atoms with Gasteiger partial charge in [-0.15, -0.1) is 0 Å². The van der Waals surface area contributed by atoms with Gasteiger partial charge < -0.3 is 5.84 Å². The van der Waals surface area contributed by atoms with Gasteiger partial charge >= 0.3 is 0 Å². The van der Waals surface area contributed by atoms with Crippen molar-refractivity contribution < 1.29 is 8.78 Å². The summed E-state index contributed by atoms with van der Waals surface area (Å²) in [5, 5.41) is 4.77. The molecule has 0 saturated carbocycles. The van der Waals surface area contributed by atoms with Gasteiger partial charge in [-0.25, -0.2) is 24.7 Å². The van der Waals surface area contributed by atoms with Crippen molar-refractivity contribution in [2.24, 2.45) is 21.8 Å². The van der Waals surface area contributed by atoms with E-state index in [1.165, 1.54) is 34.2 Å². The Bertz CT molecular complexity index is 866. The molecule has 1 saturated heterocycles. The first-order chi connectivity index (χ1) is 12.9. The molecule has 3 rings (SSSR count). The maximum atomic E-state index is 14.7. The lowest BCUT2D eigenvalue weighted by molar-refractivity contribution is 0.364. The molecule has 1 fully saturated rings. The third-order valence-corrected chi connectivity index (χ3v) is 4.45. The lowest BCUT2D eigenvalue weighted by Crippen LogP contribution is -2.54. The van der Waals surface area contributed by atoms with Crippen LogP contribution in [0.5, 0.6) is 0 Å². The maximum absolute atomic E-state index is 14.7. The Morgan fingerprint density at radius 3 is 2.52 bits per heavy atom. The Balaban J connectivity index is 1.91. The molecule has 2 aromatic rings.